The summed E-state index contributed by atoms with van der Waals surface area (Å²) in [6.45, 7) is 0.432. The number of hydrogen-bond donors (Lipinski definition) is 1. The Morgan fingerprint density at radius 3 is 2.78 bits per heavy atom. The van der Waals surface area contributed by atoms with E-state index in [1.165, 1.54) is 25.3 Å². The van der Waals surface area contributed by atoms with E-state index in [9.17, 15) is 23.3 Å². The Morgan fingerprint density at radius 1 is 1.30 bits per heavy atom. The molecule has 0 aliphatic carbocycles. The molecule has 0 radical (unpaired) electrons. The predicted octanol–water partition coefficient (Wildman–Crippen LogP) is 1.93. The molecule has 3 rings (SSSR count). The first-order valence-electron chi connectivity index (χ1n) is 8.01. The van der Waals surface area contributed by atoms with Crippen LogP contribution in [0.5, 0.6) is 0 Å². The van der Waals surface area contributed by atoms with Crippen LogP contribution >= 0.6 is 0 Å². The highest BCUT2D eigenvalue weighted by molar-refractivity contribution is 7.92. The van der Waals surface area contributed by atoms with Crippen LogP contribution < -0.4 is 9.62 Å². The van der Waals surface area contributed by atoms with Crippen LogP contribution in [-0.2, 0) is 26.0 Å². The standard InChI is InChI=1S/C17H17N3O6S/c1-26-11-17(21)19-8-7-12-5-6-13(9-16(12)19)18-27(24,25)15-4-2-3-14(10-15)20(22)23/h2-6,9-10,18H,7-8,11H2,1H3. The van der Waals surface area contributed by atoms with Crippen molar-refractivity contribution in [2.75, 3.05) is 29.9 Å². The van der Waals surface area contributed by atoms with Gasteiger partial charge in [-0.1, -0.05) is 12.1 Å². The number of hydrogen-bond acceptors (Lipinski definition) is 6. The SMILES string of the molecule is COCC(=O)N1CCc2ccc(NS(=O)(=O)c3cccc([N+](=O)[O-])c3)cc21. The first kappa shape index (κ1) is 18.8. The van der Waals surface area contributed by atoms with Crippen molar-refractivity contribution < 1.29 is 22.9 Å². The summed E-state index contributed by atoms with van der Waals surface area (Å²) >= 11 is 0. The molecule has 0 bridgehead atoms. The summed E-state index contributed by atoms with van der Waals surface area (Å²) in [4.78, 5) is 23.7. The summed E-state index contributed by atoms with van der Waals surface area (Å²) in [7, 11) is -2.59. The van der Waals surface area contributed by atoms with Crippen molar-refractivity contribution in [2.45, 2.75) is 11.3 Å². The van der Waals surface area contributed by atoms with Gasteiger partial charge >= 0.3 is 0 Å². The molecule has 1 aliphatic rings. The third-order valence-electron chi connectivity index (χ3n) is 4.14. The van der Waals surface area contributed by atoms with Gasteiger partial charge in [-0.3, -0.25) is 19.6 Å². The van der Waals surface area contributed by atoms with Crippen molar-refractivity contribution in [3.05, 3.63) is 58.1 Å². The lowest BCUT2D eigenvalue weighted by atomic mass is 10.1. The van der Waals surface area contributed by atoms with Gasteiger partial charge in [-0.05, 0) is 30.2 Å². The minimum absolute atomic E-state index is 0.0664. The van der Waals surface area contributed by atoms with E-state index in [-0.39, 0.29) is 28.8 Å². The fourth-order valence-corrected chi connectivity index (χ4v) is 3.97. The maximum atomic E-state index is 12.6. The first-order chi connectivity index (χ1) is 12.8. The summed E-state index contributed by atoms with van der Waals surface area (Å²) in [6, 6.07) is 9.71. The van der Waals surface area contributed by atoms with Gasteiger partial charge < -0.3 is 9.64 Å². The first-order valence-corrected chi connectivity index (χ1v) is 9.49. The highest BCUT2D eigenvalue weighted by Crippen LogP contribution is 2.32. The van der Waals surface area contributed by atoms with Crippen molar-refractivity contribution in [1.29, 1.82) is 0 Å². The number of carbonyl (C=O) groups excluding carboxylic acids is 1. The fourth-order valence-electron chi connectivity index (χ4n) is 2.88. The number of amides is 1. The molecule has 1 amide bonds. The van der Waals surface area contributed by atoms with Crippen LogP contribution in [0, 0.1) is 10.1 Å². The Hall–Kier alpha value is -2.98. The molecule has 0 atom stereocenters. The van der Waals surface area contributed by atoms with E-state index in [0.717, 1.165) is 11.6 Å². The molecule has 1 heterocycles. The van der Waals surface area contributed by atoms with Gasteiger partial charge in [0.25, 0.3) is 21.6 Å². The van der Waals surface area contributed by atoms with Crippen molar-refractivity contribution in [2.24, 2.45) is 0 Å². The molecule has 1 aliphatic heterocycles. The molecule has 10 heteroatoms. The van der Waals surface area contributed by atoms with Gasteiger partial charge in [0, 0.05) is 31.5 Å². The van der Waals surface area contributed by atoms with Gasteiger partial charge in [0.05, 0.1) is 15.5 Å². The number of nitrogens with zero attached hydrogens (tertiary/aromatic N) is 2. The summed E-state index contributed by atoms with van der Waals surface area (Å²) in [5.74, 6) is -0.213. The number of benzene rings is 2. The molecule has 0 spiro atoms. The van der Waals surface area contributed by atoms with E-state index in [2.05, 4.69) is 4.72 Å². The van der Waals surface area contributed by atoms with Crippen molar-refractivity contribution in [3.63, 3.8) is 0 Å². The van der Waals surface area contributed by atoms with Gasteiger partial charge in [0.15, 0.2) is 0 Å². The molecule has 2 aromatic carbocycles. The Labute approximate surface area is 155 Å². The average Bonchev–Trinajstić information content (AvgIpc) is 3.05. The largest absolute Gasteiger partial charge is 0.375 e. The molecule has 0 fully saturated rings. The van der Waals surface area contributed by atoms with E-state index in [1.807, 2.05) is 0 Å². The minimum Gasteiger partial charge on any atom is -0.375 e. The number of methoxy groups -OCH3 is 1. The molecular formula is C17H17N3O6S. The van der Waals surface area contributed by atoms with E-state index < -0.39 is 14.9 Å². The van der Waals surface area contributed by atoms with Gasteiger partial charge in [-0.25, -0.2) is 8.42 Å². The van der Waals surface area contributed by atoms with Gasteiger partial charge in [0.2, 0.25) is 0 Å². The number of ether oxygens (including phenoxy) is 1. The topological polar surface area (TPSA) is 119 Å². The molecule has 142 valence electrons. The van der Waals surface area contributed by atoms with Crippen LogP contribution in [0.15, 0.2) is 47.4 Å². The van der Waals surface area contributed by atoms with Crippen LogP contribution in [-0.4, -0.2) is 39.5 Å². The number of fused-ring (bicyclic) bond motifs is 1. The normalized spacial score (nSPS) is 13.3. The lowest BCUT2D eigenvalue weighted by molar-refractivity contribution is -0.385. The highest BCUT2D eigenvalue weighted by Gasteiger charge is 2.25. The zero-order chi connectivity index (χ0) is 19.6. The zero-order valence-corrected chi connectivity index (χ0v) is 15.2. The minimum atomic E-state index is -4.02. The molecule has 0 unspecified atom stereocenters. The van der Waals surface area contributed by atoms with Crippen LogP contribution in [0.4, 0.5) is 17.1 Å². The van der Waals surface area contributed by atoms with Crippen molar-refractivity contribution in [1.82, 2.24) is 0 Å². The number of nitro groups is 1. The van der Waals surface area contributed by atoms with E-state index in [1.54, 1.807) is 23.1 Å². The van der Waals surface area contributed by atoms with Crippen molar-refractivity contribution in [3.8, 4) is 0 Å². The Bertz CT molecular complexity index is 1010. The smallest absolute Gasteiger partial charge is 0.270 e. The summed E-state index contributed by atoms with van der Waals surface area (Å²) < 4.78 is 32.4. The quantitative estimate of drug-likeness (QED) is 0.594. The predicted molar refractivity (Wildman–Crippen MR) is 98.3 cm³/mol. The summed E-state index contributed by atoms with van der Waals surface area (Å²) in [6.07, 6.45) is 0.669. The zero-order valence-electron chi connectivity index (χ0n) is 14.4. The van der Waals surface area contributed by atoms with E-state index in [4.69, 9.17) is 4.74 Å². The maximum Gasteiger partial charge on any atom is 0.270 e. The lowest BCUT2D eigenvalue weighted by Gasteiger charge is -2.18. The second-order valence-electron chi connectivity index (χ2n) is 5.93. The number of nitrogens with one attached hydrogen (secondary N) is 1. The molecule has 0 aromatic heterocycles. The van der Waals surface area contributed by atoms with Crippen LogP contribution in [0.2, 0.25) is 0 Å². The summed E-state index contributed by atoms with van der Waals surface area (Å²) in [5.41, 5.74) is 1.49. The Kier molecular flexibility index (Phi) is 5.10. The number of non-ortho nitro benzene ring substituents is 1. The Morgan fingerprint density at radius 2 is 2.07 bits per heavy atom. The molecule has 2 aromatic rings. The summed E-state index contributed by atoms with van der Waals surface area (Å²) in [5, 5.41) is 10.9. The molecule has 0 saturated heterocycles. The number of carbonyl (C=O) groups is 1. The van der Waals surface area contributed by atoms with Gasteiger partial charge in [-0.2, -0.15) is 0 Å². The van der Waals surface area contributed by atoms with E-state index in [0.29, 0.717) is 18.7 Å². The van der Waals surface area contributed by atoms with E-state index >= 15 is 0 Å². The number of nitro benzene ring substituents is 1. The third-order valence-corrected chi connectivity index (χ3v) is 5.52. The van der Waals surface area contributed by atoms with Crippen molar-refractivity contribution >= 4 is 33.0 Å². The van der Waals surface area contributed by atoms with Gasteiger partial charge in [0.1, 0.15) is 6.61 Å². The van der Waals surface area contributed by atoms with Crippen LogP contribution in [0.25, 0.3) is 0 Å². The van der Waals surface area contributed by atoms with Crippen LogP contribution in [0.3, 0.4) is 0 Å². The molecule has 0 saturated carbocycles. The number of rotatable bonds is 6. The highest BCUT2D eigenvalue weighted by atomic mass is 32.2. The van der Waals surface area contributed by atoms with Crippen LogP contribution in [0.1, 0.15) is 5.56 Å². The average molecular weight is 391 g/mol. The number of sulfonamides is 1. The maximum absolute atomic E-state index is 12.6. The van der Waals surface area contributed by atoms with Gasteiger partial charge in [-0.15, -0.1) is 0 Å². The second kappa shape index (κ2) is 7.33. The number of anilines is 2. The molecule has 1 N–H and O–H groups in total. The fraction of sp³-hybridized carbons (Fsp3) is 0.235. The third kappa shape index (κ3) is 3.91. The second-order valence-corrected chi connectivity index (χ2v) is 7.61. The Balaban J connectivity index is 1.88. The monoisotopic (exact) mass is 391 g/mol. The molecule has 27 heavy (non-hydrogen) atoms. The lowest BCUT2D eigenvalue weighted by Crippen LogP contribution is -2.32. The molecular weight excluding hydrogens is 374 g/mol. The molecule has 9 nitrogen and oxygen atoms in total.